The first-order valence-electron chi connectivity index (χ1n) is 13.3. The molecule has 0 N–H and O–H groups in total. The fraction of sp³-hybridized carbons (Fsp3) is 0.273. The third kappa shape index (κ3) is 9.24. The van der Waals surface area contributed by atoms with Gasteiger partial charge in [0.1, 0.15) is 0 Å². The van der Waals surface area contributed by atoms with Crippen LogP contribution in [0.3, 0.4) is 0 Å². The Kier molecular flexibility index (Phi) is 11.9. The molecule has 0 saturated heterocycles. The lowest BCUT2D eigenvalue weighted by atomic mass is 9.89. The highest BCUT2D eigenvalue weighted by molar-refractivity contribution is 6.29. The second-order valence-corrected chi connectivity index (χ2v) is 11.3. The first-order valence-corrected chi connectivity index (χ1v) is 15.5. The Bertz CT molecular complexity index is 938. The molecule has 4 rings (SSSR count). The number of benzene rings is 4. The monoisotopic (exact) mass is 520 g/mol. The molecule has 0 aliphatic rings. The summed E-state index contributed by atoms with van der Waals surface area (Å²) >= 11 is 0. The summed E-state index contributed by atoms with van der Waals surface area (Å²) in [4.78, 5) is 0. The van der Waals surface area contributed by atoms with Gasteiger partial charge in [0.25, 0.3) is 0 Å². The lowest BCUT2D eigenvalue weighted by Crippen LogP contribution is -2.09. The molecule has 4 aromatic carbocycles. The quantitative estimate of drug-likeness (QED) is 0.110. The average molecular weight is 521 g/mol. The smallest absolute Gasteiger partial charge is 0.229 e. The van der Waals surface area contributed by atoms with Crippen LogP contribution in [0.15, 0.2) is 121 Å². The van der Waals surface area contributed by atoms with Crippen LogP contribution in [0.1, 0.15) is 53.4 Å². The third-order valence-electron chi connectivity index (χ3n) is 6.59. The van der Waals surface area contributed by atoms with E-state index in [-0.39, 0.29) is 0 Å². The van der Waals surface area contributed by atoms with Crippen molar-refractivity contribution in [2.45, 2.75) is 43.2 Å². The molecule has 0 aliphatic carbocycles. The van der Waals surface area contributed by atoms with Gasteiger partial charge in [0.15, 0.2) is 0 Å². The van der Waals surface area contributed by atoms with E-state index in [2.05, 4.69) is 121 Å². The summed E-state index contributed by atoms with van der Waals surface area (Å²) < 4.78 is 12.1. The molecule has 188 valence electrons. The Morgan fingerprint density at radius 2 is 0.730 bits per heavy atom. The summed E-state index contributed by atoms with van der Waals surface area (Å²) in [6.45, 7) is 1.60. The lowest BCUT2D eigenvalue weighted by molar-refractivity contribution is 0.316. The number of rotatable bonds is 16. The maximum absolute atomic E-state index is 6.05. The van der Waals surface area contributed by atoms with Crippen molar-refractivity contribution in [1.82, 2.24) is 0 Å². The minimum atomic E-state index is 0.387. The normalized spacial score (nSPS) is 11.3. The van der Waals surface area contributed by atoms with Gasteiger partial charge in [0, 0.05) is 25.0 Å². The Hall–Kier alpha value is -2.77. The van der Waals surface area contributed by atoms with Gasteiger partial charge >= 0.3 is 0 Å². The van der Waals surface area contributed by atoms with Gasteiger partial charge in [-0.05, 0) is 47.2 Å². The van der Waals surface area contributed by atoms with Gasteiger partial charge in [-0.3, -0.25) is 0 Å². The van der Waals surface area contributed by atoms with Crippen LogP contribution in [0, 0.1) is 0 Å². The van der Waals surface area contributed by atoms with E-state index in [9.17, 15) is 0 Å². The highest BCUT2D eigenvalue weighted by Crippen LogP contribution is 2.28. The standard InChI is InChI=1S/C33H36O2Si2/c1-5-14-28(15-6-1)32(29-16-7-2-8-17-29)22-24-34-36-26-13-27-37-35-25-23-33(30-18-9-3-10-19-30)31-20-11-4-12-21-31/h1-12,14-21,32-33H,13,22-27H2. The molecule has 2 nitrogen and oxygen atoms in total. The van der Waals surface area contributed by atoms with Gasteiger partial charge < -0.3 is 8.85 Å². The molecule has 4 aromatic rings. The van der Waals surface area contributed by atoms with Crippen LogP contribution in [0.2, 0.25) is 12.1 Å². The zero-order chi connectivity index (χ0) is 25.4. The van der Waals surface area contributed by atoms with Crippen LogP contribution in [0.25, 0.3) is 0 Å². The average Bonchev–Trinajstić information content (AvgIpc) is 2.97. The van der Waals surface area contributed by atoms with Crippen molar-refractivity contribution in [3.8, 4) is 0 Å². The van der Waals surface area contributed by atoms with Crippen molar-refractivity contribution < 1.29 is 8.85 Å². The maximum Gasteiger partial charge on any atom is 0.229 e. The molecular formula is C33H36O2Si2. The summed E-state index contributed by atoms with van der Waals surface area (Å²) in [6, 6.07) is 45.4. The second kappa shape index (κ2) is 16.2. The van der Waals surface area contributed by atoms with Crippen LogP contribution in [0.5, 0.6) is 0 Å². The van der Waals surface area contributed by atoms with Crippen molar-refractivity contribution in [3.63, 3.8) is 0 Å². The summed E-state index contributed by atoms with van der Waals surface area (Å²) in [5, 5.41) is 0. The van der Waals surface area contributed by atoms with Crippen LogP contribution >= 0.6 is 0 Å². The first kappa shape index (κ1) is 27.3. The van der Waals surface area contributed by atoms with Gasteiger partial charge in [-0.1, -0.05) is 128 Å². The SMILES string of the molecule is c1ccc(C(CCO[Si]CCC[Si]OCCC(c2ccccc2)c2ccccc2)c2ccccc2)cc1. The Labute approximate surface area is 228 Å². The fourth-order valence-electron chi connectivity index (χ4n) is 4.67. The summed E-state index contributed by atoms with van der Waals surface area (Å²) in [5.41, 5.74) is 5.45. The molecule has 0 spiro atoms. The lowest BCUT2D eigenvalue weighted by Gasteiger charge is -2.18. The molecular weight excluding hydrogens is 485 g/mol. The van der Waals surface area contributed by atoms with E-state index in [4.69, 9.17) is 8.85 Å². The summed E-state index contributed by atoms with van der Waals surface area (Å²) in [6.07, 6.45) is 3.18. The van der Waals surface area contributed by atoms with Crippen molar-refractivity contribution >= 4 is 19.5 Å². The van der Waals surface area contributed by atoms with Crippen LogP contribution in [-0.4, -0.2) is 32.7 Å². The van der Waals surface area contributed by atoms with Crippen LogP contribution in [-0.2, 0) is 8.85 Å². The molecule has 0 atom stereocenters. The second-order valence-electron chi connectivity index (χ2n) is 9.16. The molecule has 0 aliphatic heterocycles. The predicted molar refractivity (Wildman–Crippen MR) is 156 cm³/mol. The largest absolute Gasteiger partial charge is 0.417 e. The summed E-state index contributed by atoms with van der Waals surface area (Å²) in [5.74, 6) is 0.773. The topological polar surface area (TPSA) is 18.5 Å². The van der Waals surface area contributed by atoms with E-state index in [0.29, 0.717) is 31.4 Å². The number of hydrogen-bond acceptors (Lipinski definition) is 2. The van der Waals surface area contributed by atoms with Crippen LogP contribution in [0.4, 0.5) is 0 Å². The molecule has 37 heavy (non-hydrogen) atoms. The predicted octanol–water partition coefficient (Wildman–Crippen LogP) is 7.93. The molecule has 0 fully saturated rings. The van der Waals surface area contributed by atoms with Gasteiger partial charge in [-0.2, -0.15) is 0 Å². The summed E-state index contributed by atoms with van der Waals surface area (Å²) in [7, 11) is 1.13. The third-order valence-corrected chi connectivity index (χ3v) is 8.52. The molecule has 0 saturated carbocycles. The van der Waals surface area contributed by atoms with E-state index < -0.39 is 0 Å². The molecule has 4 heteroatoms. The Balaban J connectivity index is 1.09. The molecule has 0 aromatic heterocycles. The maximum atomic E-state index is 6.05. The van der Waals surface area contributed by atoms with Crippen LogP contribution < -0.4 is 0 Å². The molecule has 4 radical (unpaired) electrons. The van der Waals surface area contributed by atoms with Crippen molar-refractivity contribution in [2.24, 2.45) is 0 Å². The van der Waals surface area contributed by atoms with Gasteiger partial charge in [-0.25, -0.2) is 0 Å². The van der Waals surface area contributed by atoms with E-state index in [0.717, 1.165) is 38.1 Å². The zero-order valence-electron chi connectivity index (χ0n) is 21.5. The Morgan fingerprint density at radius 3 is 1.03 bits per heavy atom. The number of hydrogen-bond donors (Lipinski definition) is 0. The fourth-order valence-corrected chi connectivity index (χ4v) is 6.48. The van der Waals surface area contributed by atoms with Crippen molar-refractivity contribution in [1.29, 1.82) is 0 Å². The first-order chi connectivity index (χ1) is 18.4. The van der Waals surface area contributed by atoms with Gasteiger partial charge in [0.05, 0.1) is 0 Å². The highest BCUT2D eigenvalue weighted by atomic mass is 28.2. The minimum Gasteiger partial charge on any atom is -0.417 e. The van der Waals surface area contributed by atoms with E-state index in [1.165, 1.54) is 28.7 Å². The minimum absolute atomic E-state index is 0.387. The Morgan fingerprint density at radius 1 is 0.432 bits per heavy atom. The molecule has 0 unspecified atom stereocenters. The molecule has 0 heterocycles. The zero-order valence-corrected chi connectivity index (χ0v) is 23.5. The van der Waals surface area contributed by atoms with Crippen molar-refractivity contribution in [3.05, 3.63) is 144 Å². The molecule has 0 amide bonds. The van der Waals surface area contributed by atoms with Gasteiger partial charge in [-0.15, -0.1) is 0 Å². The van der Waals surface area contributed by atoms with E-state index in [1.807, 2.05) is 0 Å². The van der Waals surface area contributed by atoms with Crippen molar-refractivity contribution in [2.75, 3.05) is 13.2 Å². The van der Waals surface area contributed by atoms with Gasteiger partial charge in [0.2, 0.25) is 19.5 Å². The highest BCUT2D eigenvalue weighted by Gasteiger charge is 2.14. The van der Waals surface area contributed by atoms with E-state index in [1.54, 1.807) is 0 Å². The van der Waals surface area contributed by atoms with E-state index >= 15 is 0 Å². The molecule has 0 bridgehead atoms.